The first kappa shape index (κ1) is 14.9. The van der Waals surface area contributed by atoms with Crippen molar-refractivity contribution in [1.29, 1.82) is 0 Å². The highest BCUT2D eigenvalue weighted by atomic mass is 16.6. The first-order chi connectivity index (χ1) is 9.00. The van der Waals surface area contributed by atoms with Crippen LogP contribution in [0.2, 0.25) is 0 Å². The minimum atomic E-state index is -0.416. The molecule has 7 nitrogen and oxygen atoms in total. The van der Waals surface area contributed by atoms with E-state index in [-0.39, 0.29) is 11.7 Å². The van der Waals surface area contributed by atoms with Crippen molar-refractivity contribution in [2.75, 3.05) is 27.2 Å². The second-order valence-corrected chi connectivity index (χ2v) is 4.23. The SMILES string of the molecule is CN(C)C(=O)NCCNCc1cccc([N+](=O)[O-])c1. The first-order valence-electron chi connectivity index (χ1n) is 5.90. The van der Waals surface area contributed by atoms with Gasteiger partial charge in [-0.1, -0.05) is 12.1 Å². The average Bonchev–Trinajstić information content (AvgIpc) is 2.38. The van der Waals surface area contributed by atoms with Crippen LogP contribution in [0.4, 0.5) is 10.5 Å². The van der Waals surface area contributed by atoms with Gasteiger partial charge in [0.1, 0.15) is 0 Å². The highest BCUT2D eigenvalue weighted by molar-refractivity contribution is 5.73. The third kappa shape index (κ3) is 5.35. The molecule has 1 rings (SSSR count). The van der Waals surface area contributed by atoms with Crippen LogP contribution in [0.15, 0.2) is 24.3 Å². The van der Waals surface area contributed by atoms with Gasteiger partial charge in [0.15, 0.2) is 0 Å². The molecular formula is C12H18N4O3. The van der Waals surface area contributed by atoms with Crippen molar-refractivity contribution in [1.82, 2.24) is 15.5 Å². The zero-order valence-electron chi connectivity index (χ0n) is 11.0. The van der Waals surface area contributed by atoms with Gasteiger partial charge in [0.05, 0.1) is 4.92 Å². The molecule has 0 radical (unpaired) electrons. The fourth-order valence-electron chi connectivity index (χ4n) is 1.43. The van der Waals surface area contributed by atoms with Crippen molar-refractivity contribution >= 4 is 11.7 Å². The molecule has 2 amide bonds. The molecule has 0 aliphatic rings. The number of carbonyl (C=O) groups excluding carboxylic acids is 1. The Hall–Kier alpha value is -2.15. The number of amides is 2. The maximum Gasteiger partial charge on any atom is 0.316 e. The summed E-state index contributed by atoms with van der Waals surface area (Å²) in [4.78, 5) is 22.9. The Morgan fingerprint density at radius 3 is 2.74 bits per heavy atom. The fourth-order valence-corrected chi connectivity index (χ4v) is 1.43. The monoisotopic (exact) mass is 266 g/mol. The van der Waals surface area contributed by atoms with Gasteiger partial charge in [-0.05, 0) is 5.56 Å². The van der Waals surface area contributed by atoms with E-state index in [1.54, 1.807) is 20.2 Å². The number of rotatable bonds is 6. The lowest BCUT2D eigenvalue weighted by molar-refractivity contribution is -0.384. The molecule has 104 valence electrons. The number of nitro benzene ring substituents is 1. The molecule has 2 N–H and O–H groups in total. The second kappa shape index (κ2) is 7.32. The Kier molecular flexibility index (Phi) is 5.74. The van der Waals surface area contributed by atoms with E-state index in [4.69, 9.17) is 0 Å². The molecule has 19 heavy (non-hydrogen) atoms. The lowest BCUT2D eigenvalue weighted by atomic mass is 10.2. The van der Waals surface area contributed by atoms with Crippen LogP contribution >= 0.6 is 0 Å². The standard InChI is InChI=1S/C12H18N4O3/c1-15(2)12(17)14-7-6-13-9-10-4-3-5-11(8-10)16(18)19/h3-5,8,13H,6-7,9H2,1-2H3,(H,14,17). The summed E-state index contributed by atoms with van der Waals surface area (Å²) in [6, 6.07) is 6.32. The molecule has 0 fully saturated rings. The molecule has 0 bridgehead atoms. The molecular weight excluding hydrogens is 248 g/mol. The van der Waals surface area contributed by atoms with E-state index < -0.39 is 4.92 Å². The number of nitrogens with zero attached hydrogens (tertiary/aromatic N) is 2. The van der Waals surface area contributed by atoms with Crippen LogP contribution in [0.3, 0.4) is 0 Å². The van der Waals surface area contributed by atoms with Crippen molar-refractivity contribution in [2.24, 2.45) is 0 Å². The number of hydrogen-bond donors (Lipinski definition) is 2. The van der Waals surface area contributed by atoms with Crippen LogP contribution in [0.1, 0.15) is 5.56 Å². The van der Waals surface area contributed by atoms with E-state index in [0.29, 0.717) is 19.6 Å². The van der Waals surface area contributed by atoms with Crippen LogP contribution in [0.25, 0.3) is 0 Å². The Morgan fingerprint density at radius 1 is 1.37 bits per heavy atom. The topological polar surface area (TPSA) is 87.5 Å². The summed E-state index contributed by atoms with van der Waals surface area (Å²) in [5.41, 5.74) is 0.924. The van der Waals surface area contributed by atoms with E-state index in [1.165, 1.54) is 17.0 Å². The maximum absolute atomic E-state index is 11.2. The van der Waals surface area contributed by atoms with Gasteiger partial charge in [0.25, 0.3) is 5.69 Å². The van der Waals surface area contributed by atoms with Crippen molar-refractivity contribution in [3.8, 4) is 0 Å². The smallest absolute Gasteiger partial charge is 0.316 e. The maximum atomic E-state index is 11.2. The molecule has 0 aliphatic carbocycles. The molecule has 0 unspecified atom stereocenters. The van der Waals surface area contributed by atoms with Crippen molar-refractivity contribution in [2.45, 2.75) is 6.54 Å². The van der Waals surface area contributed by atoms with Gasteiger partial charge in [-0.3, -0.25) is 10.1 Å². The molecule has 0 aromatic heterocycles. The molecule has 7 heteroatoms. The van der Waals surface area contributed by atoms with E-state index >= 15 is 0 Å². The summed E-state index contributed by atoms with van der Waals surface area (Å²) in [5.74, 6) is 0. The van der Waals surface area contributed by atoms with Gasteiger partial charge in [-0.2, -0.15) is 0 Å². The second-order valence-electron chi connectivity index (χ2n) is 4.23. The van der Waals surface area contributed by atoms with Crippen molar-refractivity contribution in [3.63, 3.8) is 0 Å². The third-order valence-electron chi connectivity index (χ3n) is 2.43. The van der Waals surface area contributed by atoms with Crippen molar-refractivity contribution in [3.05, 3.63) is 39.9 Å². The molecule has 0 atom stereocenters. The Labute approximate surface area is 111 Å². The quantitative estimate of drug-likeness (QED) is 0.456. The van der Waals surface area contributed by atoms with E-state index in [9.17, 15) is 14.9 Å². The van der Waals surface area contributed by atoms with Crippen LogP contribution in [0.5, 0.6) is 0 Å². The molecule has 1 aromatic carbocycles. The van der Waals surface area contributed by atoms with Crippen LogP contribution in [-0.4, -0.2) is 43.0 Å². The number of nitro groups is 1. The van der Waals surface area contributed by atoms with Gasteiger partial charge in [-0.15, -0.1) is 0 Å². The van der Waals surface area contributed by atoms with Gasteiger partial charge in [0.2, 0.25) is 0 Å². The Balaban J connectivity index is 2.28. The lowest BCUT2D eigenvalue weighted by Gasteiger charge is -2.12. The molecule has 0 spiro atoms. The molecule has 0 heterocycles. The number of non-ortho nitro benzene ring substituents is 1. The highest BCUT2D eigenvalue weighted by Crippen LogP contribution is 2.12. The number of nitrogens with one attached hydrogen (secondary N) is 2. The number of benzene rings is 1. The Morgan fingerprint density at radius 2 is 2.11 bits per heavy atom. The van der Waals surface area contributed by atoms with Gasteiger partial charge in [0, 0.05) is 45.9 Å². The minimum absolute atomic E-state index is 0.0835. The first-order valence-corrected chi connectivity index (χ1v) is 5.90. The molecule has 0 aliphatic heterocycles. The van der Waals surface area contributed by atoms with Crippen molar-refractivity contribution < 1.29 is 9.72 Å². The normalized spacial score (nSPS) is 10.0. The van der Waals surface area contributed by atoms with Gasteiger partial charge >= 0.3 is 6.03 Å². The lowest BCUT2D eigenvalue weighted by Crippen LogP contribution is -2.38. The fraction of sp³-hybridized carbons (Fsp3) is 0.417. The summed E-state index contributed by atoms with van der Waals surface area (Å²) in [7, 11) is 3.34. The summed E-state index contributed by atoms with van der Waals surface area (Å²) >= 11 is 0. The molecule has 1 aromatic rings. The molecule has 0 saturated carbocycles. The van der Waals surface area contributed by atoms with Gasteiger partial charge < -0.3 is 15.5 Å². The number of carbonyl (C=O) groups is 1. The predicted molar refractivity (Wildman–Crippen MR) is 71.9 cm³/mol. The van der Waals surface area contributed by atoms with Crippen LogP contribution < -0.4 is 10.6 Å². The van der Waals surface area contributed by atoms with Crippen LogP contribution in [-0.2, 0) is 6.54 Å². The number of urea groups is 1. The summed E-state index contributed by atoms with van der Waals surface area (Å²) in [5, 5.41) is 16.4. The predicted octanol–water partition coefficient (Wildman–Crippen LogP) is 0.956. The molecule has 0 saturated heterocycles. The summed E-state index contributed by atoms with van der Waals surface area (Å²) < 4.78 is 0. The summed E-state index contributed by atoms with van der Waals surface area (Å²) in [6.45, 7) is 1.63. The minimum Gasteiger partial charge on any atom is -0.337 e. The average molecular weight is 266 g/mol. The zero-order valence-corrected chi connectivity index (χ0v) is 11.0. The number of hydrogen-bond acceptors (Lipinski definition) is 4. The highest BCUT2D eigenvalue weighted by Gasteiger charge is 2.05. The summed E-state index contributed by atoms with van der Waals surface area (Å²) in [6.07, 6.45) is 0. The Bertz CT molecular complexity index is 448. The van der Waals surface area contributed by atoms with E-state index in [1.807, 2.05) is 6.07 Å². The third-order valence-corrected chi connectivity index (χ3v) is 2.43. The van der Waals surface area contributed by atoms with Crippen LogP contribution in [0, 0.1) is 10.1 Å². The zero-order chi connectivity index (χ0) is 14.3. The van der Waals surface area contributed by atoms with E-state index in [2.05, 4.69) is 10.6 Å². The largest absolute Gasteiger partial charge is 0.337 e. The van der Waals surface area contributed by atoms with Gasteiger partial charge in [-0.25, -0.2) is 4.79 Å². The van der Waals surface area contributed by atoms with E-state index in [0.717, 1.165) is 5.56 Å².